The van der Waals surface area contributed by atoms with Crippen molar-refractivity contribution in [1.82, 2.24) is 10.3 Å². The highest BCUT2D eigenvalue weighted by Crippen LogP contribution is 2.26. The van der Waals surface area contributed by atoms with Crippen LogP contribution in [0.3, 0.4) is 0 Å². The first-order valence-corrected chi connectivity index (χ1v) is 7.76. The van der Waals surface area contributed by atoms with Gasteiger partial charge in [0.05, 0.1) is 0 Å². The molecule has 1 aliphatic rings. The molecular weight excluding hydrogens is 258 g/mol. The number of anilines is 1. The number of nitrogens with zero attached hydrogens (tertiary/aromatic N) is 2. The Kier molecular flexibility index (Phi) is 4.51. The monoisotopic (exact) mass is 281 g/mol. The fourth-order valence-corrected chi connectivity index (χ4v) is 2.94. The molecule has 0 atom stereocenters. The smallest absolute Gasteiger partial charge is 0.0416 e. The number of aryl methyl sites for hydroxylation is 1. The van der Waals surface area contributed by atoms with Crippen LogP contribution in [0.5, 0.6) is 0 Å². The van der Waals surface area contributed by atoms with Crippen LogP contribution in [0.2, 0.25) is 0 Å². The first-order valence-electron chi connectivity index (χ1n) is 7.76. The molecule has 0 saturated heterocycles. The van der Waals surface area contributed by atoms with E-state index >= 15 is 0 Å². The van der Waals surface area contributed by atoms with Gasteiger partial charge in [0, 0.05) is 50.7 Å². The van der Waals surface area contributed by atoms with Gasteiger partial charge in [-0.15, -0.1) is 0 Å². The maximum absolute atomic E-state index is 4.34. The Morgan fingerprint density at radius 1 is 1.24 bits per heavy atom. The minimum Gasteiger partial charge on any atom is -0.374 e. The Morgan fingerprint density at radius 2 is 2.19 bits per heavy atom. The predicted molar refractivity (Wildman–Crippen MR) is 87.7 cm³/mol. The average Bonchev–Trinajstić information content (AvgIpc) is 2.53. The quantitative estimate of drug-likeness (QED) is 0.854. The molecule has 0 unspecified atom stereocenters. The number of pyridine rings is 1. The number of hydrogen-bond donors (Lipinski definition) is 1. The van der Waals surface area contributed by atoms with Gasteiger partial charge < -0.3 is 10.2 Å². The van der Waals surface area contributed by atoms with Gasteiger partial charge in [0.1, 0.15) is 0 Å². The molecule has 0 radical (unpaired) electrons. The fraction of sp³-hybridized carbons (Fsp3) is 0.389. The van der Waals surface area contributed by atoms with Crippen LogP contribution in [0.15, 0.2) is 42.6 Å². The first kappa shape index (κ1) is 14.1. The van der Waals surface area contributed by atoms with Crippen LogP contribution >= 0.6 is 0 Å². The molecule has 0 aliphatic carbocycles. The van der Waals surface area contributed by atoms with Gasteiger partial charge >= 0.3 is 0 Å². The van der Waals surface area contributed by atoms with Gasteiger partial charge in [0.2, 0.25) is 0 Å². The molecule has 1 aromatic carbocycles. The molecule has 1 aromatic heterocycles. The van der Waals surface area contributed by atoms with E-state index < -0.39 is 0 Å². The molecule has 0 bridgehead atoms. The molecule has 0 fully saturated rings. The van der Waals surface area contributed by atoms with Crippen LogP contribution in [0.1, 0.15) is 23.2 Å². The average molecular weight is 281 g/mol. The Bertz CT molecular complexity index is 580. The van der Waals surface area contributed by atoms with Gasteiger partial charge in [0.15, 0.2) is 0 Å². The van der Waals surface area contributed by atoms with Crippen molar-refractivity contribution < 1.29 is 0 Å². The molecule has 3 nitrogen and oxygen atoms in total. The molecule has 1 aliphatic heterocycles. The standard InChI is InChI=1S/C18H23N3/c1-21-12-4-5-16-13-15(7-8-18(16)21)14-19-11-9-17-6-2-3-10-20-17/h2-3,6-8,10,13,19H,4-5,9,11-12,14H2,1H3. The number of aromatic nitrogens is 1. The zero-order chi connectivity index (χ0) is 14.5. The Hall–Kier alpha value is -1.87. The normalized spacial score (nSPS) is 14.0. The van der Waals surface area contributed by atoms with E-state index in [4.69, 9.17) is 0 Å². The Labute approximate surface area is 127 Å². The number of fused-ring (bicyclic) bond motifs is 1. The van der Waals surface area contributed by atoms with Crippen LogP contribution in [-0.2, 0) is 19.4 Å². The van der Waals surface area contributed by atoms with Crippen LogP contribution in [0, 0.1) is 0 Å². The summed E-state index contributed by atoms with van der Waals surface area (Å²) in [6.07, 6.45) is 5.31. The summed E-state index contributed by atoms with van der Waals surface area (Å²) in [5, 5.41) is 3.51. The summed E-state index contributed by atoms with van der Waals surface area (Å²) in [6, 6.07) is 13.0. The van der Waals surface area contributed by atoms with Crippen molar-refractivity contribution in [2.45, 2.75) is 25.8 Å². The third-order valence-electron chi connectivity index (χ3n) is 4.11. The molecule has 3 rings (SSSR count). The van der Waals surface area contributed by atoms with E-state index in [9.17, 15) is 0 Å². The molecular formula is C18H23N3. The van der Waals surface area contributed by atoms with E-state index in [-0.39, 0.29) is 0 Å². The second kappa shape index (κ2) is 6.72. The summed E-state index contributed by atoms with van der Waals surface area (Å²) in [5.41, 5.74) is 5.42. The van der Waals surface area contributed by atoms with Crippen molar-refractivity contribution in [1.29, 1.82) is 0 Å². The molecule has 21 heavy (non-hydrogen) atoms. The highest BCUT2D eigenvalue weighted by molar-refractivity contribution is 5.56. The molecule has 0 spiro atoms. The van der Waals surface area contributed by atoms with Crippen LogP contribution < -0.4 is 10.2 Å². The summed E-state index contributed by atoms with van der Waals surface area (Å²) >= 11 is 0. The number of hydrogen-bond acceptors (Lipinski definition) is 3. The third-order valence-corrected chi connectivity index (χ3v) is 4.11. The van der Waals surface area contributed by atoms with Crippen molar-refractivity contribution in [3.05, 3.63) is 59.4 Å². The van der Waals surface area contributed by atoms with Crippen LogP contribution in [0.25, 0.3) is 0 Å². The second-order valence-corrected chi connectivity index (χ2v) is 5.74. The van der Waals surface area contributed by atoms with Crippen molar-refractivity contribution in [3.63, 3.8) is 0 Å². The van der Waals surface area contributed by atoms with Crippen molar-refractivity contribution in [2.24, 2.45) is 0 Å². The van der Waals surface area contributed by atoms with Gasteiger partial charge in [-0.1, -0.05) is 18.2 Å². The Morgan fingerprint density at radius 3 is 3.05 bits per heavy atom. The topological polar surface area (TPSA) is 28.2 Å². The zero-order valence-electron chi connectivity index (χ0n) is 12.7. The Balaban J connectivity index is 1.52. The first-order chi connectivity index (χ1) is 10.3. The maximum Gasteiger partial charge on any atom is 0.0416 e. The SMILES string of the molecule is CN1CCCc2cc(CNCCc3ccccn3)ccc21. The lowest BCUT2D eigenvalue weighted by Crippen LogP contribution is -2.25. The minimum atomic E-state index is 0.934. The van der Waals surface area contributed by atoms with Gasteiger partial charge in [-0.05, 0) is 42.2 Å². The number of benzene rings is 1. The molecule has 1 N–H and O–H groups in total. The van der Waals surface area contributed by atoms with E-state index in [2.05, 4.69) is 46.5 Å². The predicted octanol–water partition coefficient (Wildman–Crippen LogP) is 2.80. The van der Waals surface area contributed by atoms with E-state index in [1.54, 1.807) is 0 Å². The lowest BCUT2D eigenvalue weighted by atomic mass is 9.99. The number of nitrogens with one attached hydrogen (secondary N) is 1. The molecule has 0 saturated carbocycles. The zero-order valence-corrected chi connectivity index (χ0v) is 12.7. The molecule has 2 aromatic rings. The third kappa shape index (κ3) is 3.61. The molecule has 2 heterocycles. The van der Waals surface area contributed by atoms with Crippen LogP contribution in [-0.4, -0.2) is 25.1 Å². The molecule has 110 valence electrons. The summed E-state index contributed by atoms with van der Waals surface area (Å²) < 4.78 is 0. The van der Waals surface area contributed by atoms with E-state index in [0.29, 0.717) is 0 Å². The van der Waals surface area contributed by atoms with Gasteiger partial charge in [0.25, 0.3) is 0 Å². The highest BCUT2D eigenvalue weighted by atomic mass is 15.1. The summed E-state index contributed by atoms with van der Waals surface area (Å²) in [7, 11) is 2.18. The van der Waals surface area contributed by atoms with Crippen LogP contribution in [0.4, 0.5) is 5.69 Å². The summed E-state index contributed by atoms with van der Waals surface area (Å²) in [4.78, 5) is 6.70. The summed E-state index contributed by atoms with van der Waals surface area (Å²) in [6.45, 7) is 3.08. The van der Waals surface area contributed by atoms with Gasteiger partial charge in [-0.25, -0.2) is 0 Å². The fourth-order valence-electron chi connectivity index (χ4n) is 2.94. The van der Waals surface area contributed by atoms with Crippen molar-refractivity contribution in [3.8, 4) is 0 Å². The van der Waals surface area contributed by atoms with Gasteiger partial charge in [-0.2, -0.15) is 0 Å². The summed E-state index contributed by atoms with van der Waals surface area (Å²) in [5.74, 6) is 0. The number of rotatable bonds is 5. The van der Waals surface area contributed by atoms with E-state index in [1.165, 1.54) is 36.2 Å². The lowest BCUT2D eigenvalue weighted by molar-refractivity contribution is 0.677. The van der Waals surface area contributed by atoms with Crippen molar-refractivity contribution in [2.75, 3.05) is 25.0 Å². The largest absolute Gasteiger partial charge is 0.374 e. The van der Waals surface area contributed by atoms with E-state index in [0.717, 1.165) is 25.2 Å². The molecule has 3 heteroatoms. The highest BCUT2D eigenvalue weighted by Gasteiger charge is 2.13. The van der Waals surface area contributed by atoms with Crippen molar-refractivity contribution >= 4 is 5.69 Å². The maximum atomic E-state index is 4.34. The lowest BCUT2D eigenvalue weighted by Gasteiger charge is -2.27. The van der Waals surface area contributed by atoms with Gasteiger partial charge in [-0.3, -0.25) is 4.98 Å². The minimum absolute atomic E-state index is 0.934. The molecule has 0 amide bonds. The van der Waals surface area contributed by atoms with E-state index in [1.807, 2.05) is 18.3 Å². The second-order valence-electron chi connectivity index (χ2n) is 5.74.